The van der Waals surface area contributed by atoms with Crippen LogP contribution >= 0.6 is 0 Å². The molecule has 2 heteroatoms. The van der Waals surface area contributed by atoms with E-state index in [0.717, 1.165) is 11.5 Å². The first kappa shape index (κ1) is 11.6. The van der Waals surface area contributed by atoms with E-state index in [2.05, 4.69) is 18.2 Å². The van der Waals surface area contributed by atoms with Gasteiger partial charge in [-0.15, -0.1) is 0 Å². The van der Waals surface area contributed by atoms with Gasteiger partial charge >= 0.3 is 0 Å². The zero-order valence-corrected chi connectivity index (χ0v) is 9.86. The van der Waals surface area contributed by atoms with Gasteiger partial charge in [0.15, 0.2) is 0 Å². The molecule has 1 aliphatic rings. The van der Waals surface area contributed by atoms with Crippen LogP contribution in [0.4, 0.5) is 0 Å². The van der Waals surface area contributed by atoms with E-state index in [1.165, 1.54) is 24.8 Å². The fraction of sp³-hybridized carbons (Fsp3) is 0.571. The number of hydrogen-bond acceptors (Lipinski definition) is 2. The van der Waals surface area contributed by atoms with Crippen LogP contribution in [0.25, 0.3) is 0 Å². The Labute approximate surface area is 97.3 Å². The molecule has 1 aromatic rings. The van der Waals surface area contributed by atoms with Crippen molar-refractivity contribution in [2.24, 2.45) is 0 Å². The van der Waals surface area contributed by atoms with Crippen LogP contribution in [0.15, 0.2) is 24.3 Å². The van der Waals surface area contributed by atoms with Gasteiger partial charge in [0.2, 0.25) is 0 Å². The second-order valence-electron chi connectivity index (χ2n) is 4.60. The Hall–Kier alpha value is -0.860. The van der Waals surface area contributed by atoms with E-state index in [9.17, 15) is 5.11 Å². The number of methoxy groups -OCH3 is 1. The highest BCUT2D eigenvalue weighted by Crippen LogP contribution is 2.37. The van der Waals surface area contributed by atoms with E-state index < -0.39 is 0 Å². The summed E-state index contributed by atoms with van der Waals surface area (Å²) in [5.74, 6) is 0.731. The van der Waals surface area contributed by atoms with Crippen molar-refractivity contribution in [2.45, 2.75) is 37.7 Å². The first-order chi connectivity index (χ1) is 7.81. The Bertz CT molecular complexity index is 331. The minimum Gasteiger partial charge on any atom is -0.388 e. The first-order valence-electron chi connectivity index (χ1n) is 6.08. The van der Waals surface area contributed by atoms with Gasteiger partial charge in [0.1, 0.15) is 0 Å². The van der Waals surface area contributed by atoms with Gasteiger partial charge in [-0.3, -0.25) is 0 Å². The van der Waals surface area contributed by atoms with Gasteiger partial charge in [-0.2, -0.15) is 0 Å². The Balaban J connectivity index is 2.02. The third-order valence-electron chi connectivity index (χ3n) is 3.47. The van der Waals surface area contributed by atoms with Gasteiger partial charge in [-0.05, 0) is 29.9 Å². The van der Waals surface area contributed by atoms with Crippen molar-refractivity contribution in [2.75, 3.05) is 13.7 Å². The topological polar surface area (TPSA) is 29.5 Å². The van der Waals surface area contributed by atoms with Gasteiger partial charge in [-0.1, -0.05) is 30.7 Å². The maximum absolute atomic E-state index is 9.97. The SMILES string of the molecule is COCCC(O)c1cccc(C2CCC2)c1. The average Bonchev–Trinajstić information content (AvgIpc) is 2.24. The lowest BCUT2D eigenvalue weighted by molar-refractivity contribution is 0.110. The highest BCUT2D eigenvalue weighted by molar-refractivity contribution is 5.28. The highest BCUT2D eigenvalue weighted by Gasteiger charge is 2.20. The molecule has 0 heterocycles. The summed E-state index contributed by atoms with van der Waals surface area (Å²) in [5, 5.41) is 9.97. The third kappa shape index (κ3) is 2.63. The number of aliphatic hydroxyl groups is 1. The molecule has 1 saturated carbocycles. The molecular formula is C14H20O2. The van der Waals surface area contributed by atoms with E-state index in [1.807, 2.05) is 6.07 Å². The highest BCUT2D eigenvalue weighted by atomic mass is 16.5. The van der Waals surface area contributed by atoms with Gasteiger partial charge in [0.05, 0.1) is 6.10 Å². The van der Waals surface area contributed by atoms with Crippen LogP contribution in [0.5, 0.6) is 0 Å². The van der Waals surface area contributed by atoms with Crippen molar-refractivity contribution in [3.05, 3.63) is 35.4 Å². The molecule has 88 valence electrons. The quantitative estimate of drug-likeness (QED) is 0.826. The monoisotopic (exact) mass is 220 g/mol. The number of ether oxygens (including phenoxy) is 1. The number of aliphatic hydroxyl groups excluding tert-OH is 1. The van der Waals surface area contributed by atoms with Gasteiger partial charge in [-0.25, -0.2) is 0 Å². The van der Waals surface area contributed by atoms with Crippen molar-refractivity contribution in [3.8, 4) is 0 Å². The molecule has 0 amide bonds. The maximum atomic E-state index is 9.97. The lowest BCUT2D eigenvalue weighted by Crippen LogP contribution is -2.10. The summed E-state index contributed by atoms with van der Waals surface area (Å²) >= 11 is 0. The molecule has 0 bridgehead atoms. The van der Waals surface area contributed by atoms with Crippen molar-refractivity contribution in [1.29, 1.82) is 0 Å². The second kappa shape index (κ2) is 5.46. The van der Waals surface area contributed by atoms with E-state index in [1.54, 1.807) is 7.11 Å². The Kier molecular flexibility index (Phi) is 3.97. The molecule has 0 radical (unpaired) electrons. The summed E-state index contributed by atoms with van der Waals surface area (Å²) in [5.41, 5.74) is 2.42. The van der Waals surface area contributed by atoms with Crippen molar-refractivity contribution in [1.82, 2.24) is 0 Å². The van der Waals surface area contributed by atoms with Crippen LogP contribution in [0.1, 0.15) is 48.8 Å². The number of rotatable bonds is 5. The molecule has 2 rings (SSSR count). The molecule has 1 atom stereocenters. The van der Waals surface area contributed by atoms with Crippen LogP contribution < -0.4 is 0 Å². The van der Waals surface area contributed by atoms with Crippen LogP contribution in [-0.4, -0.2) is 18.8 Å². The van der Waals surface area contributed by atoms with Crippen molar-refractivity contribution in [3.63, 3.8) is 0 Å². The molecule has 0 aromatic heterocycles. The van der Waals surface area contributed by atoms with Gasteiger partial charge in [0.25, 0.3) is 0 Å². The standard InChI is InChI=1S/C14H20O2/c1-16-9-8-14(15)13-7-3-6-12(10-13)11-4-2-5-11/h3,6-7,10-11,14-15H,2,4-5,8-9H2,1H3. The van der Waals surface area contributed by atoms with E-state index in [-0.39, 0.29) is 6.10 Å². The summed E-state index contributed by atoms with van der Waals surface area (Å²) < 4.78 is 4.98. The van der Waals surface area contributed by atoms with E-state index in [4.69, 9.17) is 4.74 Å². The smallest absolute Gasteiger partial charge is 0.0812 e. The summed E-state index contributed by atoms with van der Waals surface area (Å²) in [6.07, 6.45) is 4.24. The van der Waals surface area contributed by atoms with E-state index >= 15 is 0 Å². The van der Waals surface area contributed by atoms with Crippen molar-refractivity contribution < 1.29 is 9.84 Å². The van der Waals surface area contributed by atoms with Crippen LogP contribution in [0, 0.1) is 0 Å². The molecule has 1 aliphatic carbocycles. The number of benzene rings is 1. The maximum Gasteiger partial charge on any atom is 0.0812 e. The zero-order chi connectivity index (χ0) is 11.4. The summed E-state index contributed by atoms with van der Waals surface area (Å²) in [6.45, 7) is 0.606. The molecule has 1 fully saturated rings. The molecule has 16 heavy (non-hydrogen) atoms. The lowest BCUT2D eigenvalue weighted by atomic mass is 9.79. The Morgan fingerprint density at radius 3 is 2.88 bits per heavy atom. The molecule has 0 aliphatic heterocycles. The lowest BCUT2D eigenvalue weighted by Gasteiger charge is -2.26. The van der Waals surface area contributed by atoms with Crippen LogP contribution in [0.2, 0.25) is 0 Å². The molecule has 0 spiro atoms. The largest absolute Gasteiger partial charge is 0.388 e. The fourth-order valence-corrected chi connectivity index (χ4v) is 2.16. The zero-order valence-electron chi connectivity index (χ0n) is 9.86. The Morgan fingerprint density at radius 2 is 2.25 bits per heavy atom. The minimum absolute atomic E-state index is 0.389. The summed E-state index contributed by atoms with van der Waals surface area (Å²) in [7, 11) is 1.66. The Morgan fingerprint density at radius 1 is 1.44 bits per heavy atom. The molecule has 0 saturated heterocycles. The average molecular weight is 220 g/mol. The molecular weight excluding hydrogens is 200 g/mol. The summed E-state index contributed by atoms with van der Waals surface area (Å²) in [6, 6.07) is 8.39. The van der Waals surface area contributed by atoms with Crippen LogP contribution in [-0.2, 0) is 4.74 Å². The van der Waals surface area contributed by atoms with Gasteiger partial charge < -0.3 is 9.84 Å². The normalized spacial score (nSPS) is 18.1. The first-order valence-corrected chi connectivity index (χ1v) is 6.08. The number of hydrogen-bond donors (Lipinski definition) is 1. The molecule has 1 unspecified atom stereocenters. The third-order valence-corrected chi connectivity index (χ3v) is 3.47. The summed E-state index contributed by atoms with van der Waals surface area (Å²) in [4.78, 5) is 0. The van der Waals surface area contributed by atoms with E-state index in [0.29, 0.717) is 13.0 Å². The van der Waals surface area contributed by atoms with Crippen molar-refractivity contribution >= 4 is 0 Å². The van der Waals surface area contributed by atoms with Crippen LogP contribution in [0.3, 0.4) is 0 Å². The molecule has 2 nitrogen and oxygen atoms in total. The predicted molar refractivity (Wildman–Crippen MR) is 64.5 cm³/mol. The predicted octanol–water partition coefficient (Wildman–Crippen LogP) is 3.02. The molecule has 1 aromatic carbocycles. The second-order valence-corrected chi connectivity index (χ2v) is 4.60. The minimum atomic E-state index is -0.389. The van der Waals surface area contributed by atoms with Gasteiger partial charge in [0, 0.05) is 20.1 Å². The fourth-order valence-electron chi connectivity index (χ4n) is 2.16. The molecule has 1 N–H and O–H groups in total.